The molecule has 0 bridgehead atoms. The molecule has 0 spiro atoms. The van der Waals surface area contributed by atoms with Gasteiger partial charge in [-0.1, -0.05) is 38.7 Å². The first-order valence-electron chi connectivity index (χ1n) is 4.35. The second-order valence-corrected chi connectivity index (χ2v) is 2.60. The summed E-state index contributed by atoms with van der Waals surface area (Å²) in [7, 11) is 0. The number of rotatable bonds is 6. The van der Waals surface area contributed by atoms with Crippen LogP contribution in [0.25, 0.3) is 0 Å². The molecule has 1 atom stereocenters. The Morgan fingerprint density at radius 2 is 2.18 bits per heavy atom. The molecular formula is C10H19N. The quantitative estimate of drug-likeness (QED) is 0.578. The van der Waals surface area contributed by atoms with E-state index >= 15 is 0 Å². The minimum Gasteiger partial charge on any atom is -0.316 e. The van der Waals surface area contributed by atoms with Crippen LogP contribution in [0.2, 0.25) is 0 Å². The van der Waals surface area contributed by atoms with Crippen LogP contribution in [-0.4, -0.2) is 13.1 Å². The minimum absolute atomic E-state index is 0.660. The third kappa shape index (κ3) is 5.86. The standard InChI is InChI=1S/C10H19N/c1-4-7-8-10(5-2)9-11-6-3/h4,7-8,10-11H,1,5-6,9H2,2-3H3/b8-7-. The molecule has 1 unspecified atom stereocenters. The zero-order valence-electron chi connectivity index (χ0n) is 7.64. The maximum atomic E-state index is 3.64. The first-order valence-corrected chi connectivity index (χ1v) is 4.35. The van der Waals surface area contributed by atoms with Gasteiger partial charge in [0.25, 0.3) is 0 Å². The van der Waals surface area contributed by atoms with E-state index in [0.717, 1.165) is 13.1 Å². The molecule has 0 aromatic rings. The van der Waals surface area contributed by atoms with E-state index in [2.05, 4.69) is 31.8 Å². The van der Waals surface area contributed by atoms with E-state index < -0.39 is 0 Å². The van der Waals surface area contributed by atoms with Crippen LogP contribution in [0, 0.1) is 5.92 Å². The lowest BCUT2D eigenvalue weighted by atomic mass is 10.1. The van der Waals surface area contributed by atoms with Crippen molar-refractivity contribution in [1.29, 1.82) is 0 Å². The second-order valence-electron chi connectivity index (χ2n) is 2.60. The van der Waals surface area contributed by atoms with Gasteiger partial charge in [0.2, 0.25) is 0 Å². The van der Waals surface area contributed by atoms with Crippen molar-refractivity contribution in [1.82, 2.24) is 5.32 Å². The zero-order valence-corrected chi connectivity index (χ0v) is 7.64. The molecule has 0 aliphatic rings. The van der Waals surface area contributed by atoms with Gasteiger partial charge < -0.3 is 5.32 Å². The summed E-state index contributed by atoms with van der Waals surface area (Å²) in [6.07, 6.45) is 7.24. The van der Waals surface area contributed by atoms with Crippen molar-refractivity contribution < 1.29 is 0 Å². The molecule has 0 rings (SSSR count). The molecule has 1 nitrogen and oxygen atoms in total. The van der Waals surface area contributed by atoms with Gasteiger partial charge in [-0.25, -0.2) is 0 Å². The lowest BCUT2D eigenvalue weighted by Crippen LogP contribution is -2.20. The molecule has 0 saturated heterocycles. The van der Waals surface area contributed by atoms with E-state index in [-0.39, 0.29) is 0 Å². The van der Waals surface area contributed by atoms with Crippen molar-refractivity contribution in [3.63, 3.8) is 0 Å². The summed E-state index contributed by atoms with van der Waals surface area (Å²) < 4.78 is 0. The van der Waals surface area contributed by atoms with E-state index in [1.807, 2.05) is 12.2 Å². The fourth-order valence-corrected chi connectivity index (χ4v) is 0.914. The van der Waals surface area contributed by atoms with Gasteiger partial charge in [0.15, 0.2) is 0 Å². The Kier molecular flexibility index (Phi) is 7.16. The molecule has 11 heavy (non-hydrogen) atoms. The van der Waals surface area contributed by atoms with E-state index in [1.165, 1.54) is 6.42 Å². The van der Waals surface area contributed by atoms with E-state index in [4.69, 9.17) is 0 Å². The summed E-state index contributed by atoms with van der Waals surface area (Å²) >= 11 is 0. The van der Waals surface area contributed by atoms with Gasteiger partial charge in [0.05, 0.1) is 0 Å². The average Bonchev–Trinajstić information content (AvgIpc) is 2.05. The van der Waals surface area contributed by atoms with Crippen LogP contribution in [-0.2, 0) is 0 Å². The van der Waals surface area contributed by atoms with Crippen molar-refractivity contribution >= 4 is 0 Å². The fraction of sp³-hybridized carbons (Fsp3) is 0.600. The predicted molar refractivity (Wildman–Crippen MR) is 51.7 cm³/mol. The normalized spacial score (nSPS) is 13.6. The molecular weight excluding hydrogens is 134 g/mol. The Morgan fingerprint density at radius 1 is 1.45 bits per heavy atom. The summed E-state index contributed by atoms with van der Waals surface area (Å²) in [5, 5.41) is 3.32. The number of allylic oxidation sites excluding steroid dienone is 2. The van der Waals surface area contributed by atoms with Crippen LogP contribution in [0.1, 0.15) is 20.3 Å². The Balaban J connectivity index is 3.56. The number of hydrogen-bond donors (Lipinski definition) is 1. The van der Waals surface area contributed by atoms with Gasteiger partial charge >= 0.3 is 0 Å². The average molecular weight is 153 g/mol. The van der Waals surface area contributed by atoms with Gasteiger partial charge in [-0.2, -0.15) is 0 Å². The van der Waals surface area contributed by atoms with Crippen LogP contribution < -0.4 is 5.32 Å². The maximum Gasteiger partial charge on any atom is 0.00141 e. The third-order valence-corrected chi connectivity index (χ3v) is 1.70. The molecule has 0 aliphatic heterocycles. The Hall–Kier alpha value is -0.560. The predicted octanol–water partition coefficient (Wildman–Crippen LogP) is 2.36. The Labute approximate surface area is 70.2 Å². The molecule has 0 aromatic carbocycles. The largest absolute Gasteiger partial charge is 0.316 e. The first kappa shape index (κ1) is 10.4. The van der Waals surface area contributed by atoms with Gasteiger partial charge in [-0.3, -0.25) is 0 Å². The van der Waals surface area contributed by atoms with Crippen molar-refractivity contribution in [2.24, 2.45) is 5.92 Å². The smallest absolute Gasteiger partial charge is 0.00141 e. The molecule has 0 radical (unpaired) electrons. The van der Waals surface area contributed by atoms with E-state index in [9.17, 15) is 0 Å². The molecule has 0 aromatic heterocycles. The zero-order chi connectivity index (χ0) is 8.53. The van der Waals surface area contributed by atoms with Gasteiger partial charge in [-0.05, 0) is 18.9 Å². The number of nitrogens with one attached hydrogen (secondary N) is 1. The first-order chi connectivity index (χ1) is 5.35. The molecule has 0 saturated carbocycles. The van der Waals surface area contributed by atoms with Crippen molar-refractivity contribution in [2.45, 2.75) is 20.3 Å². The Bertz CT molecular complexity index is 116. The molecule has 64 valence electrons. The fourth-order valence-electron chi connectivity index (χ4n) is 0.914. The summed E-state index contributed by atoms with van der Waals surface area (Å²) in [5.41, 5.74) is 0. The van der Waals surface area contributed by atoms with Crippen LogP contribution in [0.4, 0.5) is 0 Å². The van der Waals surface area contributed by atoms with Crippen molar-refractivity contribution in [3.05, 3.63) is 24.8 Å². The molecule has 1 heteroatoms. The molecule has 0 heterocycles. The van der Waals surface area contributed by atoms with Crippen LogP contribution in [0.15, 0.2) is 24.8 Å². The molecule has 0 amide bonds. The summed E-state index contributed by atoms with van der Waals surface area (Å²) in [6, 6.07) is 0. The van der Waals surface area contributed by atoms with Crippen molar-refractivity contribution in [2.75, 3.05) is 13.1 Å². The van der Waals surface area contributed by atoms with E-state index in [1.54, 1.807) is 0 Å². The van der Waals surface area contributed by atoms with Crippen LogP contribution >= 0.6 is 0 Å². The highest BCUT2D eigenvalue weighted by Gasteiger charge is 1.97. The topological polar surface area (TPSA) is 12.0 Å². The molecule has 1 N–H and O–H groups in total. The molecule has 0 fully saturated rings. The minimum atomic E-state index is 0.660. The highest BCUT2D eigenvalue weighted by molar-refractivity contribution is 5.00. The summed E-state index contributed by atoms with van der Waals surface area (Å²) in [6.45, 7) is 10.1. The van der Waals surface area contributed by atoms with Crippen molar-refractivity contribution in [3.8, 4) is 0 Å². The summed E-state index contributed by atoms with van der Waals surface area (Å²) in [5.74, 6) is 0.660. The SMILES string of the molecule is C=C/C=C\C(CC)CNCC. The number of hydrogen-bond acceptors (Lipinski definition) is 1. The van der Waals surface area contributed by atoms with Crippen LogP contribution in [0.3, 0.4) is 0 Å². The lowest BCUT2D eigenvalue weighted by molar-refractivity contribution is 0.556. The highest BCUT2D eigenvalue weighted by atomic mass is 14.8. The lowest BCUT2D eigenvalue weighted by Gasteiger charge is -2.09. The monoisotopic (exact) mass is 153 g/mol. The highest BCUT2D eigenvalue weighted by Crippen LogP contribution is 2.02. The van der Waals surface area contributed by atoms with Crippen LogP contribution in [0.5, 0.6) is 0 Å². The molecule has 0 aliphatic carbocycles. The third-order valence-electron chi connectivity index (χ3n) is 1.70. The van der Waals surface area contributed by atoms with Gasteiger partial charge in [0, 0.05) is 6.54 Å². The second kappa shape index (κ2) is 7.55. The van der Waals surface area contributed by atoms with Gasteiger partial charge in [-0.15, -0.1) is 0 Å². The Morgan fingerprint density at radius 3 is 2.64 bits per heavy atom. The maximum absolute atomic E-state index is 3.64. The van der Waals surface area contributed by atoms with Gasteiger partial charge in [0.1, 0.15) is 0 Å². The van der Waals surface area contributed by atoms with E-state index in [0.29, 0.717) is 5.92 Å². The summed E-state index contributed by atoms with van der Waals surface area (Å²) in [4.78, 5) is 0.